The Kier molecular flexibility index (Phi) is 4.46. The first kappa shape index (κ1) is 13.5. The zero-order chi connectivity index (χ0) is 13.7. The fourth-order valence-electron chi connectivity index (χ4n) is 1.61. The number of carbonyl (C=O) groups is 1. The van der Waals surface area contributed by atoms with Crippen molar-refractivity contribution in [3.8, 4) is 0 Å². The highest BCUT2D eigenvalue weighted by molar-refractivity contribution is 7.10. The van der Waals surface area contributed by atoms with Crippen molar-refractivity contribution >= 4 is 23.1 Å². The Morgan fingerprint density at radius 2 is 2.21 bits per heavy atom. The molecule has 2 aromatic rings. The maximum absolute atomic E-state index is 12.0. The van der Waals surface area contributed by atoms with Crippen LogP contribution in [0.2, 0.25) is 0 Å². The van der Waals surface area contributed by atoms with Crippen molar-refractivity contribution in [3.05, 3.63) is 40.2 Å². The average Bonchev–Trinajstić information content (AvgIpc) is 2.94. The maximum Gasteiger partial charge on any atom is 0.272 e. The van der Waals surface area contributed by atoms with E-state index in [9.17, 15) is 4.79 Å². The number of carbonyl (C=O) groups excluding carboxylic acids is 1. The van der Waals surface area contributed by atoms with Crippen LogP contribution in [0.5, 0.6) is 0 Å². The van der Waals surface area contributed by atoms with E-state index in [0.29, 0.717) is 11.5 Å². The standard InChI is InChI=1S/C13H16N4OS/c1-3-14-12-7-6-10(16-17-12)13(18)15-9(2)11-5-4-8-19-11/h4-9H,3H2,1-2H3,(H,14,17)(H,15,18). The van der Waals surface area contributed by atoms with Gasteiger partial charge in [0, 0.05) is 11.4 Å². The highest BCUT2D eigenvalue weighted by Crippen LogP contribution is 2.18. The largest absolute Gasteiger partial charge is 0.369 e. The van der Waals surface area contributed by atoms with Gasteiger partial charge in [-0.15, -0.1) is 21.5 Å². The fourth-order valence-corrected chi connectivity index (χ4v) is 2.34. The number of nitrogens with one attached hydrogen (secondary N) is 2. The monoisotopic (exact) mass is 276 g/mol. The van der Waals surface area contributed by atoms with Gasteiger partial charge in [-0.05, 0) is 37.4 Å². The summed E-state index contributed by atoms with van der Waals surface area (Å²) in [6, 6.07) is 7.36. The van der Waals surface area contributed by atoms with Crippen LogP contribution in [0.3, 0.4) is 0 Å². The van der Waals surface area contributed by atoms with Crippen LogP contribution in [0.25, 0.3) is 0 Å². The van der Waals surface area contributed by atoms with Crippen LogP contribution in [0.15, 0.2) is 29.6 Å². The van der Waals surface area contributed by atoms with Crippen LogP contribution < -0.4 is 10.6 Å². The molecule has 19 heavy (non-hydrogen) atoms. The molecule has 2 N–H and O–H groups in total. The van der Waals surface area contributed by atoms with E-state index in [4.69, 9.17) is 0 Å². The van der Waals surface area contributed by atoms with Gasteiger partial charge in [-0.25, -0.2) is 0 Å². The van der Waals surface area contributed by atoms with E-state index >= 15 is 0 Å². The summed E-state index contributed by atoms with van der Waals surface area (Å²) in [6.07, 6.45) is 0. The van der Waals surface area contributed by atoms with Gasteiger partial charge in [-0.2, -0.15) is 0 Å². The Morgan fingerprint density at radius 3 is 2.79 bits per heavy atom. The van der Waals surface area contributed by atoms with Gasteiger partial charge in [0.05, 0.1) is 6.04 Å². The van der Waals surface area contributed by atoms with E-state index in [2.05, 4.69) is 20.8 Å². The molecule has 0 fully saturated rings. The lowest BCUT2D eigenvalue weighted by atomic mass is 10.2. The second-order valence-electron chi connectivity index (χ2n) is 4.04. The van der Waals surface area contributed by atoms with Crippen LogP contribution in [0.1, 0.15) is 35.3 Å². The van der Waals surface area contributed by atoms with E-state index in [0.717, 1.165) is 11.4 Å². The van der Waals surface area contributed by atoms with Crippen LogP contribution in [0.4, 0.5) is 5.82 Å². The number of amides is 1. The topological polar surface area (TPSA) is 66.9 Å². The van der Waals surface area contributed by atoms with Crippen LogP contribution >= 0.6 is 11.3 Å². The molecule has 5 nitrogen and oxygen atoms in total. The Bertz CT molecular complexity index is 524. The number of aromatic nitrogens is 2. The van der Waals surface area contributed by atoms with Crippen molar-refractivity contribution in [2.45, 2.75) is 19.9 Å². The Labute approximate surface area is 116 Å². The Morgan fingerprint density at radius 1 is 1.37 bits per heavy atom. The summed E-state index contributed by atoms with van der Waals surface area (Å²) < 4.78 is 0. The van der Waals surface area contributed by atoms with Crippen molar-refractivity contribution in [2.24, 2.45) is 0 Å². The highest BCUT2D eigenvalue weighted by atomic mass is 32.1. The van der Waals surface area contributed by atoms with Crippen LogP contribution in [0, 0.1) is 0 Å². The van der Waals surface area contributed by atoms with E-state index in [-0.39, 0.29) is 11.9 Å². The Balaban J connectivity index is 1.99. The lowest BCUT2D eigenvalue weighted by Crippen LogP contribution is -2.27. The van der Waals surface area contributed by atoms with Gasteiger partial charge in [0.25, 0.3) is 5.91 Å². The lowest BCUT2D eigenvalue weighted by molar-refractivity contribution is 0.0934. The number of thiophene rings is 1. The summed E-state index contributed by atoms with van der Waals surface area (Å²) in [4.78, 5) is 13.1. The fraction of sp³-hybridized carbons (Fsp3) is 0.308. The molecule has 100 valence electrons. The van der Waals surface area contributed by atoms with Crippen LogP contribution in [-0.2, 0) is 0 Å². The van der Waals surface area contributed by atoms with Gasteiger partial charge in [-0.1, -0.05) is 6.07 Å². The summed E-state index contributed by atoms with van der Waals surface area (Å²) in [5.41, 5.74) is 0.324. The van der Waals surface area contributed by atoms with Crippen molar-refractivity contribution in [3.63, 3.8) is 0 Å². The molecular weight excluding hydrogens is 260 g/mol. The molecule has 2 rings (SSSR count). The van der Waals surface area contributed by atoms with Crippen molar-refractivity contribution < 1.29 is 4.79 Å². The zero-order valence-corrected chi connectivity index (χ0v) is 11.7. The molecule has 1 unspecified atom stereocenters. The predicted molar refractivity (Wildman–Crippen MR) is 76.4 cm³/mol. The second-order valence-corrected chi connectivity index (χ2v) is 5.02. The van der Waals surface area contributed by atoms with Gasteiger partial charge >= 0.3 is 0 Å². The third-order valence-electron chi connectivity index (χ3n) is 2.57. The normalized spacial score (nSPS) is 11.9. The summed E-state index contributed by atoms with van der Waals surface area (Å²) in [6.45, 7) is 4.70. The van der Waals surface area contributed by atoms with Crippen molar-refractivity contribution in [1.82, 2.24) is 15.5 Å². The zero-order valence-electron chi connectivity index (χ0n) is 10.9. The highest BCUT2D eigenvalue weighted by Gasteiger charge is 2.13. The molecule has 0 bridgehead atoms. The number of anilines is 1. The minimum Gasteiger partial charge on any atom is -0.369 e. The predicted octanol–water partition coefficient (Wildman–Crippen LogP) is 2.46. The molecule has 0 radical (unpaired) electrons. The summed E-state index contributed by atoms with van der Waals surface area (Å²) in [7, 11) is 0. The molecule has 0 aliphatic carbocycles. The molecule has 0 saturated heterocycles. The second kappa shape index (κ2) is 6.29. The SMILES string of the molecule is CCNc1ccc(C(=O)NC(C)c2cccs2)nn1. The molecule has 1 amide bonds. The molecule has 1 atom stereocenters. The molecule has 2 aromatic heterocycles. The van der Waals surface area contributed by atoms with E-state index in [1.54, 1.807) is 23.5 Å². The quantitative estimate of drug-likeness (QED) is 0.880. The first-order valence-electron chi connectivity index (χ1n) is 6.12. The molecule has 0 aliphatic heterocycles. The molecule has 0 saturated carbocycles. The maximum atomic E-state index is 12.0. The first-order valence-corrected chi connectivity index (χ1v) is 7.00. The molecular formula is C13H16N4OS. The van der Waals surface area contributed by atoms with Gasteiger partial charge in [0.1, 0.15) is 5.82 Å². The van der Waals surface area contributed by atoms with E-state index in [1.165, 1.54) is 0 Å². The van der Waals surface area contributed by atoms with E-state index in [1.807, 2.05) is 31.4 Å². The van der Waals surface area contributed by atoms with Gasteiger partial charge < -0.3 is 10.6 Å². The smallest absolute Gasteiger partial charge is 0.272 e. The minimum absolute atomic E-state index is 0.0252. The van der Waals surface area contributed by atoms with Gasteiger partial charge in [-0.3, -0.25) is 4.79 Å². The minimum atomic E-state index is -0.212. The molecule has 6 heteroatoms. The number of hydrogen-bond acceptors (Lipinski definition) is 5. The number of nitrogens with zero attached hydrogens (tertiary/aromatic N) is 2. The average molecular weight is 276 g/mol. The summed E-state index contributed by atoms with van der Waals surface area (Å²) >= 11 is 1.62. The van der Waals surface area contributed by atoms with Crippen molar-refractivity contribution in [1.29, 1.82) is 0 Å². The third kappa shape index (κ3) is 3.51. The van der Waals surface area contributed by atoms with Crippen LogP contribution in [-0.4, -0.2) is 22.6 Å². The molecule has 2 heterocycles. The van der Waals surface area contributed by atoms with Gasteiger partial charge in [0.15, 0.2) is 5.69 Å². The number of hydrogen-bond donors (Lipinski definition) is 2. The molecule has 0 aromatic carbocycles. The van der Waals surface area contributed by atoms with E-state index < -0.39 is 0 Å². The third-order valence-corrected chi connectivity index (χ3v) is 3.63. The van der Waals surface area contributed by atoms with Crippen molar-refractivity contribution in [2.75, 3.05) is 11.9 Å². The lowest BCUT2D eigenvalue weighted by Gasteiger charge is -2.11. The first-order chi connectivity index (χ1) is 9.20. The van der Waals surface area contributed by atoms with Gasteiger partial charge in [0.2, 0.25) is 0 Å². The summed E-state index contributed by atoms with van der Waals surface area (Å²) in [5.74, 6) is 0.460. The number of rotatable bonds is 5. The molecule has 0 aliphatic rings. The molecule has 0 spiro atoms. The Hall–Kier alpha value is -1.95. The summed E-state index contributed by atoms with van der Waals surface area (Å²) in [5, 5.41) is 15.8.